The van der Waals surface area contributed by atoms with Crippen LogP contribution < -0.4 is 0 Å². The second kappa shape index (κ2) is 5.89. The van der Waals surface area contributed by atoms with Gasteiger partial charge in [0, 0.05) is 13.1 Å². The van der Waals surface area contributed by atoms with Gasteiger partial charge in [-0.05, 0) is 63.8 Å². The predicted octanol–water partition coefficient (Wildman–Crippen LogP) is 2.02. The normalized spacial score (nSPS) is 43.7. The zero-order chi connectivity index (χ0) is 13.2. The van der Waals surface area contributed by atoms with Gasteiger partial charge in [-0.1, -0.05) is 6.92 Å². The average Bonchev–Trinajstić information content (AvgIpc) is 2.46. The van der Waals surface area contributed by atoms with Crippen molar-refractivity contribution in [3.8, 4) is 0 Å². The van der Waals surface area contributed by atoms with Crippen molar-refractivity contribution in [3.63, 3.8) is 0 Å². The van der Waals surface area contributed by atoms with Gasteiger partial charge in [0.1, 0.15) is 0 Å². The Morgan fingerprint density at radius 3 is 2.78 bits per heavy atom. The summed E-state index contributed by atoms with van der Waals surface area (Å²) in [6.45, 7) is 7.32. The Balaban J connectivity index is 1.85. The van der Waals surface area contributed by atoms with Gasteiger partial charge in [0.05, 0.1) is 11.7 Å². The van der Waals surface area contributed by atoms with E-state index in [0.717, 1.165) is 57.7 Å². The largest absolute Gasteiger partial charge is 0.393 e. The summed E-state index contributed by atoms with van der Waals surface area (Å²) < 4.78 is 0. The first-order valence-electron chi connectivity index (χ1n) is 7.59. The van der Waals surface area contributed by atoms with Crippen molar-refractivity contribution >= 4 is 0 Å². The second-order valence-electron chi connectivity index (χ2n) is 6.90. The Morgan fingerprint density at radius 2 is 2.00 bits per heavy atom. The molecule has 1 heterocycles. The topological polar surface area (TPSA) is 43.7 Å². The van der Waals surface area contributed by atoms with Crippen molar-refractivity contribution in [2.45, 2.75) is 64.1 Å². The summed E-state index contributed by atoms with van der Waals surface area (Å²) in [6.07, 6.45) is 6.05. The molecule has 0 amide bonds. The van der Waals surface area contributed by atoms with Crippen molar-refractivity contribution in [1.29, 1.82) is 0 Å². The Morgan fingerprint density at radius 1 is 1.22 bits per heavy atom. The Kier molecular flexibility index (Phi) is 4.68. The minimum absolute atomic E-state index is 0.107. The highest BCUT2D eigenvalue weighted by molar-refractivity contribution is 4.84. The molecule has 2 rings (SSSR count). The third-order valence-corrected chi connectivity index (χ3v) is 4.85. The Labute approximate surface area is 111 Å². The molecule has 1 aliphatic carbocycles. The molecule has 0 aromatic rings. The lowest BCUT2D eigenvalue weighted by Gasteiger charge is -2.35. The maximum absolute atomic E-state index is 10.1. The molecule has 1 saturated carbocycles. The fraction of sp³-hybridized carbons (Fsp3) is 1.00. The highest BCUT2D eigenvalue weighted by Crippen LogP contribution is 2.30. The van der Waals surface area contributed by atoms with E-state index >= 15 is 0 Å². The van der Waals surface area contributed by atoms with E-state index in [-0.39, 0.29) is 6.10 Å². The van der Waals surface area contributed by atoms with Crippen LogP contribution in [0, 0.1) is 11.8 Å². The van der Waals surface area contributed by atoms with Crippen molar-refractivity contribution in [1.82, 2.24) is 4.90 Å². The highest BCUT2D eigenvalue weighted by Gasteiger charge is 2.30. The number of likely N-dealkylation sites (tertiary alicyclic amines) is 1. The van der Waals surface area contributed by atoms with Gasteiger partial charge in [-0.3, -0.25) is 0 Å². The summed E-state index contributed by atoms with van der Waals surface area (Å²) in [5, 5.41) is 20.2. The van der Waals surface area contributed by atoms with Gasteiger partial charge in [-0.25, -0.2) is 0 Å². The molecule has 2 N–H and O–H groups in total. The van der Waals surface area contributed by atoms with E-state index in [1.807, 2.05) is 6.92 Å². The fourth-order valence-electron chi connectivity index (χ4n) is 3.51. The fourth-order valence-corrected chi connectivity index (χ4v) is 3.51. The van der Waals surface area contributed by atoms with Crippen LogP contribution in [-0.4, -0.2) is 46.5 Å². The van der Waals surface area contributed by atoms with Crippen molar-refractivity contribution < 1.29 is 10.2 Å². The van der Waals surface area contributed by atoms with Crippen molar-refractivity contribution in [3.05, 3.63) is 0 Å². The highest BCUT2D eigenvalue weighted by atomic mass is 16.3. The lowest BCUT2D eigenvalue weighted by molar-refractivity contribution is 0.0251. The van der Waals surface area contributed by atoms with Crippen LogP contribution >= 0.6 is 0 Å². The summed E-state index contributed by atoms with van der Waals surface area (Å²) in [5.41, 5.74) is -0.479. The van der Waals surface area contributed by atoms with E-state index in [0.29, 0.717) is 5.92 Å². The van der Waals surface area contributed by atoms with Crippen molar-refractivity contribution in [2.75, 3.05) is 19.6 Å². The standard InChI is InChI=1S/C15H29NO2/c1-12-4-5-14(17)13(10-12)11-16-8-3-6-15(2,18)7-9-16/h12-14,17-18H,3-11H2,1-2H3. The minimum atomic E-state index is -0.479. The molecular weight excluding hydrogens is 226 g/mol. The van der Waals surface area contributed by atoms with Crippen LogP contribution in [0.25, 0.3) is 0 Å². The number of hydrogen-bond acceptors (Lipinski definition) is 3. The van der Waals surface area contributed by atoms with E-state index in [1.165, 1.54) is 6.42 Å². The van der Waals surface area contributed by atoms with Gasteiger partial charge in [-0.15, -0.1) is 0 Å². The molecule has 3 heteroatoms. The number of nitrogens with zero attached hydrogens (tertiary/aromatic N) is 1. The van der Waals surface area contributed by atoms with E-state index in [1.54, 1.807) is 0 Å². The summed E-state index contributed by atoms with van der Waals surface area (Å²) >= 11 is 0. The molecule has 106 valence electrons. The molecule has 1 aliphatic heterocycles. The van der Waals surface area contributed by atoms with Crippen LogP contribution in [0.15, 0.2) is 0 Å². The van der Waals surface area contributed by atoms with Crippen molar-refractivity contribution in [2.24, 2.45) is 11.8 Å². The van der Waals surface area contributed by atoms with Gasteiger partial charge in [0.15, 0.2) is 0 Å². The first-order valence-corrected chi connectivity index (χ1v) is 7.59. The predicted molar refractivity (Wildman–Crippen MR) is 73.4 cm³/mol. The number of aliphatic hydroxyl groups is 2. The average molecular weight is 255 g/mol. The third kappa shape index (κ3) is 3.94. The number of hydrogen-bond donors (Lipinski definition) is 2. The van der Waals surface area contributed by atoms with E-state index in [9.17, 15) is 10.2 Å². The monoisotopic (exact) mass is 255 g/mol. The summed E-state index contributed by atoms with van der Waals surface area (Å²) in [6, 6.07) is 0. The third-order valence-electron chi connectivity index (χ3n) is 4.85. The van der Waals surface area contributed by atoms with E-state index in [2.05, 4.69) is 11.8 Å². The van der Waals surface area contributed by atoms with E-state index in [4.69, 9.17) is 0 Å². The Hall–Kier alpha value is -0.120. The van der Waals surface area contributed by atoms with Gasteiger partial charge in [-0.2, -0.15) is 0 Å². The van der Waals surface area contributed by atoms with Gasteiger partial charge >= 0.3 is 0 Å². The molecule has 0 bridgehead atoms. The molecule has 2 fully saturated rings. The van der Waals surface area contributed by atoms with Crippen LogP contribution in [0.4, 0.5) is 0 Å². The Bertz CT molecular complexity index is 267. The van der Waals surface area contributed by atoms with Crippen LogP contribution in [0.2, 0.25) is 0 Å². The zero-order valence-electron chi connectivity index (χ0n) is 11.9. The molecule has 3 nitrogen and oxygen atoms in total. The maximum atomic E-state index is 10.1. The molecule has 0 aromatic heterocycles. The van der Waals surface area contributed by atoms with Crippen LogP contribution in [-0.2, 0) is 0 Å². The van der Waals surface area contributed by atoms with Gasteiger partial charge < -0.3 is 15.1 Å². The first kappa shape index (κ1) is 14.3. The lowest BCUT2D eigenvalue weighted by atomic mass is 9.80. The summed E-state index contributed by atoms with van der Waals surface area (Å²) in [5.74, 6) is 1.20. The summed E-state index contributed by atoms with van der Waals surface area (Å²) in [7, 11) is 0. The summed E-state index contributed by atoms with van der Waals surface area (Å²) in [4.78, 5) is 2.45. The second-order valence-corrected chi connectivity index (χ2v) is 6.90. The quantitative estimate of drug-likeness (QED) is 0.793. The van der Waals surface area contributed by atoms with Crippen LogP contribution in [0.1, 0.15) is 52.4 Å². The molecular formula is C15H29NO2. The van der Waals surface area contributed by atoms with E-state index < -0.39 is 5.60 Å². The SMILES string of the molecule is CC1CCC(O)C(CN2CCCC(C)(O)CC2)C1. The minimum Gasteiger partial charge on any atom is -0.393 e. The molecule has 0 radical (unpaired) electrons. The maximum Gasteiger partial charge on any atom is 0.0632 e. The molecule has 4 unspecified atom stereocenters. The smallest absolute Gasteiger partial charge is 0.0632 e. The molecule has 18 heavy (non-hydrogen) atoms. The lowest BCUT2D eigenvalue weighted by Crippen LogP contribution is -2.39. The van der Waals surface area contributed by atoms with Crippen LogP contribution in [0.3, 0.4) is 0 Å². The number of rotatable bonds is 2. The van der Waals surface area contributed by atoms with Gasteiger partial charge in [0.2, 0.25) is 0 Å². The first-order chi connectivity index (χ1) is 8.46. The van der Waals surface area contributed by atoms with Gasteiger partial charge in [0.25, 0.3) is 0 Å². The molecule has 0 aromatic carbocycles. The zero-order valence-corrected chi connectivity index (χ0v) is 11.9. The molecule has 2 aliphatic rings. The number of aliphatic hydroxyl groups excluding tert-OH is 1. The molecule has 0 spiro atoms. The van der Waals surface area contributed by atoms with Crippen LogP contribution in [0.5, 0.6) is 0 Å². The molecule has 4 atom stereocenters. The molecule has 1 saturated heterocycles.